The molecule has 0 unspecified atom stereocenters. The zero-order valence-corrected chi connectivity index (χ0v) is 9.47. The molecule has 0 aromatic heterocycles. The van der Waals surface area contributed by atoms with Crippen molar-refractivity contribution in [3.8, 4) is 0 Å². The summed E-state index contributed by atoms with van der Waals surface area (Å²) in [5, 5.41) is 25.1. The molecular formula is C11H10N4O3. The van der Waals surface area contributed by atoms with E-state index in [1.807, 2.05) is 5.87 Å². The average Bonchev–Trinajstić information content (AvgIpc) is 2.39. The van der Waals surface area contributed by atoms with Crippen molar-refractivity contribution < 1.29 is 14.7 Å². The van der Waals surface area contributed by atoms with E-state index >= 15 is 0 Å². The predicted octanol–water partition coefficient (Wildman–Crippen LogP) is 1.35. The normalized spacial score (nSPS) is 9.83. The van der Waals surface area contributed by atoms with Gasteiger partial charge >= 0.3 is 5.97 Å². The van der Waals surface area contributed by atoms with Crippen LogP contribution in [0.15, 0.2) is 40.2 Å². The molecule has 0 fully saturated rings. The molecule has 0 saturated heterocycles. The van der Waals surface area contributed by atoms with E-state index in [4.69, 9.17) is 10.5 Å². The highest BCUT2D eigenvalue weighted by Gasteiger charge is 2.05. The van der Waals surface area contributed by atoms with E-state index in [1.165, 1.54) is 31.3 Å². The van der Waals surface area contributed by atoms with Crippen LogP contribution in [-0.2, 0) is 4.79 Å². The molecule has 0 heterocycles. The van der Waals surface area contributed by atoms with Crippen LogP contribution in [0.1, 0.15) is 10.4 Å². The molecule has 92 valence electrons. The molecule has 0 aliphatic heterocycles. The maximum Gasteiger partial charge on any atom is 0.335 e. The van der Waals surface area contributed by atoms with Crippen molar-refractivity contribution in [2.45, 2.75) is 0 Å². The summed E-state index contributed by atoms with van der Waals surface area (Å²) in [4.78, 5) is 21.8. The Bertz CT molecular complexity index is 542. The zero-order valence-electron chi connectivity index (χ0n) is 9.47. The van der Waals surface area contributed by atoms with Gasteiger partial charge in [0, 0.05) is 12.9 Å². The standard InChI is InChI=1S/C11H10N4O3/c1-13-10(16)9(6-12)15-14-8-4-2-7(3-5-8)11(17)18/h2-5,12H,1H3,(H,13,16)(H,17,18). The van der Waals surface area contributed by atoms with Gasteiger partial charge in [0.1, 0.15) is 0 Å². The lowest BCUT2D eigenvalue weighted by molar-refractivity contribution is -0.116. The number of benzene rings is 1. The number of aromatic carboxylic acids is 1. The molecule has 0 spiro atoms. The maximum atomic E-state index is 11.1. The van der Waals surface area contributed by atoms with Crippen molar-refractivity contribution >= 4 is 23.4 Å². The number of likely N-dealkylation sites (N-methyl/N-ethyl adjacent to an activating group) is 1. The number of amides is 1. The fourth-order valence-electron chi connectivity index (χ4n) is 1.02. The summed E-state index contributed by atoms with van der Waals surface area (Å²) >= 11 is 0. The first-order valence-electron chi connectivity index (χ1n) is 4.85. The Hall–Kier alpha value is -2.79. The van der Waals surface area contributed by atoms with E-state index in [-0.39, 0.29) is 11.3 Å². The summed E-state index contributed by atoms with van der Waals surface area (Å²) in [5.74, 6) is 0.241. The second kappa shape index (κ2) is 6.07. The van der Waals surface area contributed by atoms with Crippen LogP contribution in [-0.4, -0.2) is 29.9 Å². The summed E-state index contributed by atoms with van der Waals surface area (Å²) in [7, 11) is 1.40. The molecule has 7 heteroatoms. The van der Waals surface area contributed by atoms with Crippen LogP contribution in [0.25, 0.3) is 0 Å². The van der Waals surface area contributed by atoms with Gasteiger partial charge in [-0.25, -0.2) is 4.79 Å². The van der Waals surface area contributed by atoms with Crippen LogP contribution >= 0.6 is 0 Å². The number of rotatable bonds is 4. The fourth-order valence-corrected chi connectivity index (χ4v) is 1.02. The molecule has 0 bridgehead atoms. The number of nitrogens with one attached hydrogen (secondary N) is 2. The van der Waals surface area contributed by atoms with Gasteiger partial charge < -0.3 is 10.4 Å². The first kappa shape index (κ1) is 13.3. The van der Waals surface area contributed by atoms with Gasteiger partial charge in [-0.2, -0.15) is 0 Å². The number of carbonyl (C=O) groups excluding carboxylic acids is 1. The van der Waals surface area contributed by atoms with Gasteiger partial charge in [-0.05, 0) is 24.3 Å². The van der Waals surface area contributed by atoms with Gasteiger partial charge in [0.05, 0.1) is 11.3 Å². The van der Waals surface area contributed by atoms with Crippen molar-refractivity contribution in [3.63, 3.8) is 0 Å². The third-order valence-electron chi connectivity index (χ3n) is 1.94. The Morgan fingerprint density at radius 3 is 2.39 bits per heavy atom. The highest BCUT2D eigenvalue weighted by atomic mass is 16.4. The Morgan fingerprint density at radius 2 is 1.94 bits per heavy atom. The third kappa shape index (κ3) is 3.36. The molecule has 0 radical (unpaired) electrons. The first-order valence-corrected chi connectivity index (χ1v) is 4.85. The minimum atomic E-state index is -1.04. The molecule has 0 aliphatic rings. The molecule has 1 aromatic carbocycles. The molecule has 0 atom stereocenters. The highest BCUT2D eigenvalue weighted by Crippen LogP contribution is 2.14. The van der Waals surface area contributed by atoms with Crippen molar-refractivity contribution in [3.05, 3.63) is 35.5 Å². The Labute approximate surface area is 102 Å². The Morgan fingerprint density at radius 1 is 1.33 bits per heavy atom. The quantitative estimate of drug-likeness (QED) is 0.423. The zero-order chi connectivity index (χ0) is 13.5. The number of hydrogen-bond acceptors (Lipinski definition) is 5. The second-order valence-corrected chi connectivity index (χ2v) is 3.10. The minimum Gasteiger partial charge on any atom is -0.478 e. The molecule has 18 heavy (non-hydrogen) atoms. The number of carboxylic acids is 1. The van der Waals surface area contributed by atoms with Crippen molar-refractivity contribution in [2.24, 2.45) is 10.2 Å². The van der Waals surface area contributed by atoms with E-state index in [0.717, 1.165) is 0 Å². The summed E-state index contributed by atoms with van der Waals surface area (Å²) in [6.07, 6.45) is 0. The summed E-state index contributed by atoms with van der Waals surface area (Å²) in [5.41, 5.74) is 0.236. The van der Waals surface area contributed by atoms with Gasteiger partial charge in [-0.1, -0.05) is 0 Å². The van der Waals surface area contributed by atoms with Crippen LogP contribution in [0, 0.1) is 5.41 Å². The smallest absolute Gasteiger partial charge is 0.335 e. The topological polar surface area (TPSA) is 115 Å². The Balaban J connectivity index is 2.87. The van der Waals surface area contributed by atoms with Crippen molar-refractivity contribution in [1.29, 1.82) is 5.41 Å². The average molecular weight is 246 g/mol. The second-order valence-electron chi connectivity index (χ2n) is 3.10. The lowest BCUT2D eigenvalue weighted by Gasteiger charge is -1.96. The first-order chi connectivity index (χ1) is 8.58. The summed E-state index contributed by atoms with van der Waals surface area (Å²) in [6.45, 7) is 0. The lowest BCUT2D eigenvalue weighted by Crippen LogP contribution is -2.19. The molecule has 1 aromatic rings. The van der Waals surface area contributed by atoms with Crippen LogP contribution < -0.4 is 5.32 Å². The lowest BCUT2D eigenvalue weighted by atomic mass is 10.2. The molecule has 1 rings (SSSR count). The van der Waals surface area contributed by atoms with Gasteiger partial charge in [-0.3, -0.25) is 10.2 Å². The van der Waals surface area contributed by atoms with Gasteiger partial charge in [-0.15, -0.1) is 10.2 Å². The Kier molecular flexibility index (Phi) is 4.48. The molecule has 1 amide bonds. The minimum absolute atomic E-state index is 0.128. The van der Waals surface area contributed by atoms with E-state index in [1.54, 1.807) is 0 Å². The van der Waals surface area contributed by atoms with Crippen LogP contribution in [0.5, 0.6) is 0 Å². The largest absolute Gasteiger partial charge is 0.478 e. The maximum absolute atomic E-state index is 11.1. The fraction of sp³-hybridized carbons (Fsp3) is 0.0909. The number of azo groups is 1. The third-order valence-corrected chi connectivity index (χ3v) is 1.94. The molecular weight excluding hydrogens is 236 g/mol. The summed E-state index contributed by atoms with van der Waals surface area (Å²) < 4.78 is 0. The van der Waals surface area contributed by atoms with Crippen LogP contribution in [0.2, 0.25) is 0 Å². The van der Waals surface area contributed by atoms with Gasteiger partial charge in [0.2, 0.25) is 5.70 Å². The van der Waals surface area contributed by atoms with E-state index in [9.17, 15) is 9.59 Å². The summed E-state index contributed by atoms with van der Waals surface area (Å²) in [6, 6.07) is 5.62. The van der Waals surface area contributed by atoms with Gasteiger partial charge in [0.15, 0.2) is 0 Å². The SMILES string of the molecule is CNC(=O)C(=C=N)N=Nc1ccc(C(=O)O)cc1. The molecule has 0 saturated carbocycles. The number of nitrogens with zero attached hydrogens (tertiary/aromatic N) is 2. The van der Waals surface area contributed by atoms with E-state index in [2.05, 4.69) is 15.5 Å². The van der Waals surface area contributed by atoms with E-state index in [0.29, 0.717) is 5.69 Å². The van der Waals surface area contributed by atoms with Gasteiger partial charge in [0.25, 0.3) is 5.91 Å². The number of carboxylic acid groups (broad SMARTS) is 1. The predicted molar refractivity (Wildman–Crippen MR) is 63.2 cm³/mol. The molecule has 7 nitrogen and oxygen atoms in total. The van der Waals surface area contributed by atoms with E-state index < -0.39 is 11.9 Å². The van der Waals surface area contributed by atoms with Crippen LogP contribution in [0.3, 0.4) is 0 Å². The highest BCUT2D eigenvalue weighted by molar-refractivity contribution is 6.00. The molecule has 0 aliphatic carbocycles. The number of hydrogen-bond donors (Lipinski definition) is 3. The van der Waals surface area contributed by atoms with Crippen molar-refractivity contribution in [1.82, 2.24) is 5.32 Å². The number of carbonyl (C=O) groups is 2. The molecule has 3 N–H and O–H groups in total. The van der Waals surface area contributed by atoms with Crippen molar-refractivity contribution in [2.75, 3.05) is 7.05 Å². The monoisotopic (exact) mass is 246 g/mol. The van der Waals surface area contributed by atoms with Crippen LogP contribution in [0.4, 0.5) is 5.69 Å².